The number of hydrogen-bond donors (Lipinski definition) is 1. The van der Waals surface area contributed by atoms with Crippen molar-refractivity contribution in [2.24, 2.45) is 0 Å². The van der Waals surface area contributed by atoms with Gasteiger partial charge in [-0.3, -0.25) is 0 Å². The van der Waals surface area contributed by atoms with Crippen LogP contribution in [0.25, 0.3) is 0 Å². The van der Waals surface area contributed by atoms with E-state index in [1.54, 1.807) is 0 Å². The number of hydrogen-bond acceptors (Lipinski definition) is 4. The van der Waals surface area contributed by atoms with Crippen molar-refractivity contribution in [3.63, 3.8) is 0 Å². The predicted molar refractivity (Wildman–Crippen MR) is 68.1 cm³/mol. The number of nitrogens with one attached hydrogen (secondary N) is 1. The van der Waals surface area contributed by atoms with Gasteiger partial charge in [-0.25, -0.2) is 8.78 Å². The smallest absolute Gasteiger partial charge is 0.231 e. The fraction of sp³-hybridized carbons (Fsp3) is 0.429. The van der Waals surface area contributed by atoms with E-state index in [2.05, 4.69) is 15.5 Å². The van der Waals surface area contributed by atoms with Crippen LogP contribution in [0.4, 0.5) is 8.78 Å². The standard InChI is InChI=1S/C14H15F2N3O/c15-10-5-3-4-9(13(10)16)8-12-18-14(19-20-12)11-6-1-2-7-17-11/h3-5,11,17H,1-2,6-8H2. The van der Waals surface area contributed by atoms with E-state index in [9.17, 15) is 8.78 Å². The lowest BCUT2D eigenvalue weighted by Crippen LogP contribution is -2.27. The van der Waals surface area contributed by atoms with Gasteiger partial charge in [0.1, 0.15) is 0 Å². The molecule has 0 aliphatic carbocycles. The fourth-order valence-corrected chi connectivity index (χ4v) is 2.40. The topological polar surface area (TPSA) is 51.0 Å². The average molecular weight is 279 g/mol. The molecule has 1 atom stereocenters. The summed E-state index contributed by atoms with van der Waals surface area (Å²) in [7, 11) is 0. The Hall–Kier alpha value is -1.82. The summed E-state index contributed by atoms with van der Waals surface area (Å²) in [5, 5.41) is 7.24. The lowest BCUT2D eigenvalue weighted by atomic mass is 10.0. The molecular formula is C14H15F2N3O. The van der Waals surface area contributed by atoms with Crippen molar-refractivity contribution < 1.29 is 13.3 Å². The van der Waals surface area contributed by atoms with Crippen molar-refractivity contribution in [1.29, 1.82) is 0 Å². The van der Waals surface area contributed by atoms with Crippen LogP contribution in [0, 0.1) is 11.6 Å². The minimum atomic E-state index is -0.865. The molecule has 1 aliphatic heterocycles. The molecule has 4 nitrogen and oxygen atoms in total. The molecule has 1 unspecified atom stereocenters. The molecule has 0 amide bonds. The van der Waals surface area contributed by atoms with Crippen LogP contribution in [-0.4, -0.2) is 16.7 Å². The predicted octanol–water partition coefficient (Wildman–Crippen LogP) is 2.75. The Morgan fingerprint density at radius 2 is 2.20 bits per heavy atom. The summed E-state index contributed by atoms with van der Waals surface area (Å²) in [4.78, 5) is 4.27. The molecule has 3 rings (SSSR count). The summed E-state index contributed by atoms with van der Waals surface area (Å²) in [6.45, 7) is 0.938. The van der Waals surface area contributed by atoms with E-state index >= 15 is 0 Å². The van der Waals surface area contributed by atoms with E-state index in [4.69, 9.17) is 4.52 Å². The highest BCUT2D eigenvalue weighted by Gasteiger charge is 2.21. The summed E-state index contributed by atoms with van der Waals surface area (Å²) in [5.41, 5.74) is 0.219. The monoisotopic (exact) mass is 279 g/mol. The first-order valence-electron chi connectivity index (χ1n) is 6.73. The first kappa shape index (κ1) is 13.2. The molecule has 1 aromatic heterocycles. The molecule has 1 N–H and O–H groups in total. The summed E-state index contributed by atoms with van der Waals surface area (Å²) in [6.07, 6.45) is 3.34. The molecule has 20 heavy (non-hydrogen) atoms. The Morgan fingerprint density at radius 3 is 3.00 bits per heavy atom. The average Bonchev–Trinajstić information content (AvgIpc) is 2.93. The normalized spacial score (nSPS) is 19.2. The summed E-state index contributed by atoms with van der Waals surface area (Å²) >= 11 is 0. The first-order valence-corrected chi connectivity index (χ1v) is 6.73. The van der Waals surface area contributed by atoms with Gasteiger partial charge < -0.3 is 9.84 Å². The quantitative estimate of drug-likeness (QED) is 0.938. The van der Waals surface area contributed by atoms with Crippen LogP contribution in [0.2, 0.25) is 0 Å². The Morgan fingerprint density at radius 1 is 1.30 bits per heavy atom. The van der Waals surface area contributed by atoms with Gasteiger partial charge in [-0.15, -0.1) is 0 Å². The lowest BCUT2D eigenvalue weighted by molar-refractivity contribution is 0.350. The van der Waals surface area contributed by atoms with E-state index < -0.39 is 11.6 Å². The van der Waals surface area contributed by atoms with Crippen LogP contribution in [0.15, 0.2) is 22.7 Å². The molecule has 0 bridgehead atoms. The van der Waals surface area contributed by atoms with E-state index in [1.807, 2.05) is 0 Å². The van der Waals surface area contributed by atoms with Crippen LogP contribution in [-0.2, 0) is 6.42 Å². The molecule has 2 heterocycles. The highest BCUT2D eigenvalue weighted by molar-refractivity contribution is 5.21. The van der Waals surface area contributed by atoms with Crippen molar-refractivity contribution in [2.45, 2.75) is 31.7 Å². The third-order valence-electron chi connectivity index (χ3n) is 3.48. The van der Waals surface area contributed by atoms with Gasteiger partial charge in [0, 0.05) is 5.56 Å². The molecule has 0 saturated carbocycles. The van der Waals surface area contributed by atoms with Crippen molar-refractivity contribution >= 4 is 0 Å². The van der Waals surface area contributed by atoms with E-state index in [1.165, 1.54) is 12.1 Å². The third kappa shape index (κ3) is 2.70. The van der Waals surface area contributed by atoms with Crippen LogP contribution in [0.3, 0.4) is 0 Å². The molecular weight excluding hydrogens is 264 g/mol. The SMILES string of the molecule is Fc1cccc(Cc2nc(C3CCCCN3)no2)c1F. The molecule has 6 heteroatoms. The summed E-state index contributed by atoms with van der Waals surface area (Å²) in [6, 6.07) is 4.16. The molecule has 0 spiro atoms. The van der Waals surface area contributed by atoms with E-state index in [-0.39, 0.29) is 18.0 Å². The van der Waals surface area contributed by atoms with Gasteiger partial charge in [-0.2, -0.15) is 4.98 Å². The second-order valence-electron chi connectivity index (χ2n) is 4.94. The molecule has 1 saturated heterocycles. The maximum atomic E-state index is 13.6. The summed E-state index contributed by atoms with van der Waals surface area (Å²) < 4.78 is 31.8. The highest BCUT2D eigenvalue weighted by atomic mass is 19.2. The minimum absolute atomic E-state index is 0.0959. The van der Waals surface area contributed by atoms with Crippen molar-refractivity contribution in [3.05, 3.63) is 47.1 Å². The Bertz CT molecular complexity index is 594. The van der Waals surface area contributed by atoms with Crippen LogP contribution in [0.1, 0.15) is 42.6 Å². The van der Waals surface area contributed by atoms with E-state index in [0.29, 0.717) is 11.7 Å². The van der Waals surface area contributed by atoms with Gasteiger partial charge in [-0.1, -0.05) is 23.7 Å². The Kier molecular flexibility index (Phi) is 3.73. The van der Waals surface area contributed by atoms with Gasteiger partial charge >= 0.3 is 0 Å². The molecule has 1 aliphatic rings. The number of aromatic nitrogens is 2. The van der Waals surface area contributed by atoms with Gasteiger partial charge in [-0.05, 0) is 25.5 Å². The van der Waals surface area contributed by atoms with Gasteiger partial charge in [0.05, 0.1) is 12.5 Å². The number of nitrogens with zero attached hydrogens (tertiary/aromatic N) is 2. The van der Waals surface area contributed by atoms with Crippen molar-refractivity contribution in [2.75, 3.05) is 6.54 Å². The molecule has 0 radical (unpaired) electrons. The lowest BCUT2D eigenvalue weighted by Gasteiger charge is -2.19. The first-order chi connectivity index (χ1) is 9.74. The number of halogens is 2. The zero-order valence-corrected chi connectivity index (χ0v) is 10.9. The minimum Gasteiger partial charge on any atom is -0.339 e. The number of piperidine rings is 1. The molecule has 2 aromatic rings. The second kappa shape index (κ2) is 5.66. The maximum Gasteiger partial charge on any atom is 0.231 e. The Balaban J connectivity index is 1.75. The zero-order valence-electron chi connectivity index (χ0n) is 10.9. The van der Waals surface area contributed by atoms with Crippen LogP contribution < -0.4 is 5.32 Å². The van der Waals surface area contributed by atoms with Crippen LogP contribution >= 0.6 is 0 Å². The Labute approximate surface area is 115 Å². The summed E-state index contributed by atoms with van der Waals surface area (Å²) in [5.74, 6) is -0.826. The van der Waals surface area contributed by atoms with Crippen LogP contribution in [0.5, 0.6) is 0 Å². The zero-order chi connectivity index (χ0) is 13.9. The maximum absolute atomic E-state index is 13.6. The number of benzene rings is 1. The highest BCUT2D eigenvalue weighted by Crippen LogP contribution is 2.21. The fourth-order valence-electron chi connectivity index (χ4n) is 2.40. The second-order valence-corrected chi connectivity index (χ2v) is 4.94. The largest absolute Gasteiger partial charge is 0.339 e. The van der Waals surface area contributed by atoms with Crippen molar-refractivity contribution in [1.82, 2.24) is 15.5 Å². The third-order valence-corrected chi connectivity index (χ3v) is 3.48. The van der Waals surface area contributed by atoms with Gasteiger partial charge in [0.2, 0.25) is 5.89 Å². The molecule has 106 valence electrons. The van der Waals surface area contributed by atoms with E-state index in [0.717, 1.165) is 31.9 Å². The van der Waals surface area contributed by atoms with Gasteiger partial charge in [0.15, 0.2) is 17.5 Å². The van der Waals surface area contributed by atoms with Crippen molar-refractivity contribution in [3.8, 4) is 0 Å². The molecule has 1 fully saturated rings. The van der Waals surface area contributed by atoms with Gasteiger partial charge in [0.25, 0.3) is 0 Å². The number of rotatable bonds is 3. The molecule has 1 aromatic carbocycles.